The van der Waals surface area contributed by atoms with Gasteiger partial charge in [-0.3, -0.25) is 0 Å². The van der Waals surface area contributed by atoms with Crippen molar-refractivity contribution in [2.24, 2.45) is 5.73 Å². The summed E-state index contributed by atoms with van der Waals surface area (Å²) in [7, 11) is 0. The van der Waals surface area contributed by atoms with Gasteiger partial charge in [-0.15, -0.1) is 11.3 Å². The van der Waals surface area contributed by atoms with Crippen LogP contribution in [0, 0.1) is 13.8 Å². The van der Waals surface area contributed by atoms with Crippen LogP contribution in [0.3, 0.4) is 0 Å². The lowest BCUT2D eigenvalue weighted by molar-refractivity contribution is 0.305. The molecule has 0 aliphatic carbocycles. The van der Waals surface area contributed by atoms with E-state index < -0.39 is 0 Å². The van der Waals surface area contributed by atoms with Crippen LogP contribution in [0.25, 0.3) is 0 Å². The molecule has 1 heterocycles. The number of aromatic nitrogens is 1. The molecule has 1 aromatic heterocycles. The Kier molecular flexibility index (Phi) is 3.99. The fourth-order valence-corrected chi connectivity index (χ4v) is 2.66. The van der Waals surface area contributed by atoms with E-state index in [0.717, 1.165) is 21.3 Å². The summed E-state index contributed by atoms with van der Waals surface area (Å²) in [5.41, 5.74) is 8.12. The zero-order valence-corrected chi connectivity index (χ0v) is 11.8. The predicted molar refractivity (Wildman–Crippen MR) is 75.0 cm³/mol. The summed E-state index contributed by atoms with van der Waals surface area (Å²) in [6.07, 6.45) is 0. The van der Waals surface area contributed by atoms with Crippen LogP contribution in [0.15, 0.2) is 24.3 Å². The normalized spacial score (nSPS) is 12.4. The molecule has 0 aliphatic heterocycles. The smallest absolute Gasteiger partial charge is 0.140 e. The number of ether oxygens (including phenoxy) is 1. The predicted octanol–water partition coefficient (Wildman–Crippen LogP) is 3.36. The first-order chi connectivity index (χ1) is 8.56. The Morgan fingerprint density at radius 1 is 1.28 bits per heavy atom. The van der Waals surface area contributed by atoms with Gasteiger partial charge in [0.15, 0.2) is 0 Å². The topological polar surface area (TPSA) is 48.1 Å². The van der Waals surface area contributed by atoms with Crippen LogP contribution < -0.4 is 10.5 Å². The average Bonchev–Trinajstić information content (AvgIpc) is 2.70. The standard InChI is InChI=1S/C14H18N2OS/c1-9-4-6-12(7-5-9)17-8-13-16-11(3)14(18-13)10(2)15/h4-7,10H,8,15H2,1-3H3. The van der Waals surface area contributed by atoms with E-state index in [1.54, 1.807) is 11.3 Å². The third-order valence-corrected chi connectivity index (χ3v) is 4.01. The van der Waals surface area contributed by atoms with Crippen molar-refractivity contribution in [1.82, 2.24) is 4.98 Å². The minimum Gasteiger partial charge on any atom is -0.486 e. The monoisotopic (exact) mass is 262 g/mol. The lowest BCUT2D eigenvalue weighted by atomic mass is 10.2. The summed E-state index contributed by atoms with van der Waals surface area (Å²) in [6, 6.07) is 8.06. The minimum atomic E-state index is 0.0376. The summed E-state index contributed by atoms with van der Waals surface area (Å²) < 4.78 is 5.70. The second-order valence-corrected chi connectivity index (χ2v) is 5.56. The fraction of sp³-hybridized carbons (Fsp3) is 0.357. The van der Waals surface area contributed by atoms with Crippen molar-refractivity contribution in [2.75, 3.05) is 0 Å². The molecule has 0 aliphatic rings. The number of hydrogen-bond acceptors (Lipinski definition) is 4. The Morgan fingerprint density at radius 3 is 2.50 bits per heavy atom. The number of nitrogens with two attached hydrogens (primary N) is 1. The van der Waals surface area contributed by atoms with Crippen LogP contribution in [0.1, 0.15) is 34.1 Å². The molecule has 1 unspecified atom stereocenters. The highest BCUT2D eigenvalue weighted by Gasteiger charge is 2.11. The average molecular weight is 262 g/mol. The van der Waals surface area contributed by atoms with E-state index in [9.17, 15) is 0 Å². The van der Waals surface area contributed by atoms with Gasteiger partial charge in [0.1, 0.15) is 17.4 Å². The first-order valence-corrected chi connectivity index (χ1v) is 6.79. The van der Waals surface area contributed by atoms with Crippen molar-refractivity contribution < 1.29 is 4.74 Å². The molecular formula is C14H18N2OS. The molecule has 0 saturated carbocycles. The molecule has 3 nitrogen and oxygen atoms in total. The highest BCUT2D eigenvalue weighted by molar-refractivity contribution is 7.11. The molecule has 2 N–H and O–H groups in total. The second-order valence-electron chi connectivity index (χ2n) is 4.45. The second kappa shape index (κ2) is 5.50. The lowest BCUT2D eigenvalue weighted by Crippen LogP contribution is -2.03. The van der Waals surface area contributed by atoms with Crippen LogP contribution >= 0.6 is 11.3 Å². The number of aryl methyl sites for hydroxylation is 2. The van der Waals surface area contributed by atoms with Gasteiger partial charge in [0.05, 0.1) is 5.69 Å². The van der Waals surface area contributed by atoms with E-state index in [4.69, 9.17) is 10.5 Å². The molecule has 96 valence electrons. The Balaban J connectivity index is 2.02. The Labute approximate surface area is 112 Å². The van der Waals surface area contributed by atoms with Gasteiger partial charge in [-0.05, 0) is 32.9 Å². The third-order valence-electron chi connectivity index (χ3n) is 2.67. The molecular weight excluding hydrogens is 244 g/mol. The number of rotatable bonds is 4. The number of hydrogen-bond donors (Lipinski definition) is 1. The van der Waals surface area contributed by atoms with Gasteiger partial charge < -0.3 is 10.5 Å². The molecule has 1 aromatic carbocycles. The molecule has 0 amide bonds. The number of thiazole rings is 1. The van der Waals surface area contributed by atoms with Crippen LogP contribution in [0.5, 0.6) is 5.75 Å². The maximum absolute atomic E-state index is 5.88. The van der Waals surface area contributed by atoms with Crippen LogP contribution in [-0.2, 0) is 6.61 Å². The van der Waals surface area contributed by atoms with E-state index in [1.807, 2.05) is 38.1 Å². The van der Waals surface area contributed by atoms with Crippen molar-refractivity contribution >= 4 is 11.3 Å². The Bertz CT molecular complexity index is 517. The summed E-state index contributed by atoms with van der Waals surface area (Å²) in [5.74, 6) is 0.871. The van der Waals surface area contributed by atoms with Crippen molar-refractivity contribution in [3.05, 3.63) is 45.4 Å². The van der Waals surface area contributed by atoms with E-state index >= 15 is 0 Å². The Morgan fingerprint density at radius 2 is 1.94 bits per heavy atom. The van der Waals surface area contributed by atoms with E-state index in [-0.39, 0.29) is 6.04 Å². The van der Waals surface area contributed by atoms with Crippen LogP contribution in [0.2, 0.25) is 0 Å². The SMILES string of the molecule is Cc1ccc(OCc2nc(C)c(C(C)N)s2)cc1. The van der Waals surface area contributed by atoms with Gasteiger partial charge in [-0.1, -0.05) is 17.7 Å². The van der Waals surface area contributed by atoms with Crippen molar-refractivity contribution in [3.8, 4) is 5.75 Å². The van der Waals surface area contributed by atoms with Crippen molar-refractivity contribution in [3.63, 3.8) is 0 Å². The largest absolute Gasteiger partial charge is 0.486 e. The molecule has 0 spiro atoms. The van der Waals surface area contributed by atoms with Gasteiger partial charge >= 0.3 is 0 Å². The van der Waals surface area contributed by atoms with Crippen LogP contribution in [0.4, 0.5) is 0 Å². The quantitative estimate of drug-likeness (QED) is 0.919. The Hall–Kier alpha value is -1.39. The highest BCUT2D eigenvalue weighted by Crippen LogP contribution is 2.24. The zero-order chi connectivity index (χ0) is 13.1. The molecule has 0 saturated heterocycles. The van der Waals surface area contributed by atoms with Gasteiger partial charge in [-0.25, -0.2) is 4.98 Å². The van der Waals surface area contributed by atoms with Gasteiger partial charge in [0.25, 0.3) is 0 Å². The van der Waals surface area contributed by atoms with E-state index in [2.05, 4.69) is 11.9 Å². The van der Waals surface area contributed by atoms with E-state index in [0.29, 0.717) is 6.61 Å². The molecule has 0 fully saturated rings. The number of nitrogens with zero attached hydrogens (tertiary/aromatic N) is 1. The lowest BCUT2D eigenvalue weighted by Gasteiger charge is -2.03. The maximum Gasteiger partial charge on any atom is 0.140 e. The first-order valence-electron chi connectivity index (χ1n) is 5.97. The molecule has 2 aromatic rings. The van der Waals surface area contributed by atoms with Gasteiger partial charge in [0, 0.05) is 10.9 Å². The van der Waals surface area contributed by atoms with Gasteiger partial charge in [0.2, 0.25) is 0 Å². The zero-order valence-electron chi connectivity index (χ0n) is 10.9. The third kappa shape index (κ3) is 3.09. The molecule has 4 heteroatoms. The minimum absolute atomic E-state index is 0.0376. The summed E-state index contributed by atoms with van der Waals surface area (Å²) in [5, 5.41) is 0.973. The van der Waals surface area contributed by atoms with Crippen LogP contribution in [-0.4, -0.2) is 4.98 Å². The van der Waals surface area contributed by atoms with Gasteiger partial charge in [-0.2, -0.15) is 0 Å². The first kappa shape index (κ1) is 13.1. The maximum atomic E-state index is 5.88. The van der Waals surface area contributed by atoms with Crippen molar-refractivity contribution in [1.29, 1.82) is 0 Å². The molecule has 18 heavy (non-hydrogen) atoms. The highest BCUT2D eigenvalue weighted by atomic mass is 32.1. The summed E-state index contributed by atoms with van der Waals surface area (Å²) in [4.78, 5) is 5.61. The molecule has 2 rings (SSSR count). The number of benzene rings is 1. The fourth-order valence-electron chi connectivity index (χ4n) is 1.73. The molecule has 0 radical (unpaired) electrons. The molecule has 1 atom stereocenters. The van der Waals surface area contributed by atoms with Crippen molar-refractivity contribution in [2.45, 2.75) is 33.4 Å². The summed E-state index contributed by atoms with van der Waals surface area (Å²) in [6.45, 7) is 6.53. The molecule has 0 bridgehead atoms. The summed E-state index contributed by atoms with van der Waals surface area (Å²) >= 11 is 1.63. The van der Waals surface area contributed by atoms with E-state index in [1.165, 1.54) is 5.56 Å².